The maximum atomic E-state index is 11.4. The summed E-state index contributed by atoms with van der Waals surface area (Å²) in [5.41, 5.74) is 1.54. The van der Waals surface area contributed by atoms with Crippen LogP contribution >= 0.6 is 0 Å². The molecule has 6 nitrogen and oxygen atoms in total. The number of anilines is 1. The van der Waals surface area contributed by atoms with Gasteiger partial charge in [-0.15, -0.1) is 0 Å². The van der Waals surface area contributed by atoms with E-state index in [9.17, 15) is 9.90 Å². The highest BCUT2D eigenvalue weighted by Crippen LogP contribution is 2.29. The van der Waals surface area contributed by atoms with Crippen LogP contribution in [0.5, 0.6) is 5.75 Å². The van der Waals surface area contributed by atoms with Crippen LogP contribution < -0.4 is 10.1 Å². The Morgan fingerprint density at radius 3 is 2.91 bits per heavy atom. The zero-order chi connectivity index (χ0) is 16.2. The van der Waals surface area contributed by atoms with Crippen molar-refractivity contribution in [3.05, 3.63) is 36.0 Å². The quantitative estimate of drug-likeness (QED) is 0.817. The van der Waals surface area contributed by atoms with E-state index in [1.54, 1.807) is 24.4 Å². The Morgan fingerprint density at radius 1 is 1.39 bits per heavy atom. The van der Waals surface area contributed by atoms with E-state index in [1.807, 2.05) is 13.0 Å². The van der Waals surface area contributed by atoms with Gasteiger partial charge in [-0.1, -0.05) is 0 Å². The van der Waals surface area contributed by atoms with Gasteiger partial charge in [0, 0.05) is 18.3 Å². The number of benzene rings is 1. The zero-order valence-corrected chi connectivity index (χ0v) is 13.0. The third-order valence-corrected chi connectivity index (χ3v) is 3.71. The Bertz CT molecular complexity index is 714. The molecule has 0 amide bonds. The molecule has 3 rings (SSSR count). The first kappa shape index (κ1) is 15.3. The van der Waals surface area contributed by atoms with Gasteiger partial charge in [0.25, 0.3) is 0 Å². The highest BCUT2D eigenvalue weighted by molar-refractivity contribution is 5.92. The summed E-state index contributed by atoms with van der Waals surface area (Å²) in [6, 6.07) is 6.83. The van der Waals surface area contributed by atoms with Gasteiger partial charge in [0.2, 0.25) is 5.95 Å². The minimum absolute atomic E-state index is 0.135. The molecule has 1 aliphatic carbocycles. The molecular formula is C17H19N3O3. The fourth-order valence-electron chi connectivity index (χ4n) is 2.30. The average molecular weight is 313 g/mol. The van der Waals surface area contributed by atoms with Crippen molar-refractivity contribution in [2.45, 2.75) is 19.8 Å². The standard InChI is InChI=1S/C17H19N3O3/c1-2-23-15-6-5-12(9-13(15)16(21)22)14-7-8-18-17(20-14)19-10-11-3-4-11/h5-9,11H,2-4,10H2,1H3,(H,21,22)(H,18,19,20). The summed E-state index contributed by atoms with van der Waals surface area (Å²) in [6.45, 7) is 3.12. The van der Waals surface area contributed by atoms with Crippen LogP contribution in [-0.2, 0) is 0 Å². The van der Waals surface area contributed by atoms with Gasteiger partial charge in [0.1, 0.15) is 11.3 Å². The lowest BCUT2D eigenvalue weighted by atomic mass is 10.1. The minimum atomic E-state index is -1.02. The average Bonchev–Trinajstić information content (AvgIpc) is 3.38. The summed E-state index contributed by atoms with van der Waals surface area (Å²) in [6.07, 6.45) is 4.19. The number of carboxylic acids is 1. The van der Waals surface area contributed by atoms with Crippen LogP contribution in [0.25, 0.3) is 11.3 Å². The lowest BCUT2D eigenvalue weighted by Crippen LogP contribution is -2.07. The van der Waals surface area contributed by atoms with Crippen LogP contribution in [-0.4, -0.2) is 34.2 Å². The number of ether oxygens (including phenoxy) is 1. The second kappa shape index (κ2) is 6.64. The predicted octanol–water partition coefficient (Wildman–Crippen LogP) is 3.06. The summed E-state index contributed by atoms with van der Waals surface area (Å²) >= 11 is 0. The van der Waals surface area contributed by atoms with Crippen molar-refractivity contribution < 1.29 is 14.6 Å². The van der Waals surface area contributed by atoms with Gasteiger partial charge < -0.3 is 15.2 Å². The Morgan fingerprint density at radius 2 is 2.22 bits per heavy atom. The van der Waals surface area contributed by atoms with Gasteiger partial charge in [0.05, 0.1) is 12.3 Å². The molecule has 0 radical (unpaired) electrons. The SMILES string of the molecule is CCOc1ccc(-c2ccnc(NCC3CC3)n2)cc1C(=O)O. The maximum Gasteiger partial charge on any atom is 0.339 e. The molecule has 1 saturated carbocycles. The van der Waals surface area contributed by atoms with Crippen molar-refractivity contribution in [1.82, 2.24) is 9.97 Å². The third kappa shape index (κ3) is 3.77. The van der Waals surface area contributed by atoms with E-state index in [1.165, 1.54) is 12.8 Å². The van der Waals surface area contributed by atoms with E-state index < -0.39 is 5.97 Å². The van der Waals surface area contributed by atoms with Crippen molar-refractivity contribution in [3.63, 3.8) is 0 Å². The van der Waals surface area contributed by atoms with Crippen molar-refractivity contribution in [2.75, 3.05) is 18.5 Å². The monoisotopic (exact) mass is 313 g/mol. The molecule has 0 atom stereocenters. The van der Waals surface area contributed by atoms with Gasteiger partial charge in [-0.05, 0) is 49.9 Å². The summed E-state index contributed by atoms with van der Waals surface area (Å²) < 4.78 is 5.36. The van der Waals surface area contributed by atoms with E-state index in [2.05, 4.69) is 15.3 Å². The van der Waals surface area contributed by atoms with E-state index >= 15 is 0 Å². The minimum Gasteiger partial charge on any atom is -0.493 e. The van der Waals surface area contributed by atoms with Crippen molar-refractivity contribution in [3.8, 4) is 17.0 Å². The second-order valence-electron chi connectivity index (χ2n) is 5.54. The number of nitrogens with zero attached hydrogens (tertiary/aromatic N) is 2. The second-order valence-corrected chi connectivity index (χ2v) is 5.54. The molecule has 6 heteroatoms. The molecule has 1 aromatic heterocycles. The first-order chi connectivity index (χ1) is 11.2. The first-order valence-corrected chi connectivity index (χ1v) is 7.74. The number of aromatic carboxylic acids is 1. The van der Waals surface area contributed by atoms with E-state index in [4.69, 9.17) is 4.74 Å². The number of carbonyl (C=O) groups is 1. The number of hydrogen-bond acceptors (Lipinski definition) is 5. The molecule has 0 aliphatic heterocycles. The van der Waals surface area contributed by atoms with E-state index in [0.717, 1.165) is 18.0 Å². The zero-order valence-electron chi connectivity index (χ0n) is 13.0. The summed E-state index contributed by atoms with van der Waals surface area (Å²) in [7, 11) is 0. The molecule has 0 saturated heterocycles. The molecule has 1 aliphatic rings. The van der Waals surface area contributed by atoms with Gasteiger partial charge in [-0.25, -0.2) is 14.8 Å². The van der Waals surface area contributed by atoms with Crippen LogP contribution in [0.1, 0.15) is 30.1 Å². The number of aromatic nitrogens is 2. The topological polar surface area (TPSA) is 84.3 Å². The first-order valence-electron chi connectivity index (χ1n) is 7.74. The fourth-order valence-corrected chi connectivity index (χ4v) is 2.30. The van der Waals surface area contributed by atoms with Gasteiger partial charge in [-0.3, -0.25) is 0 Å². The molecule has 23 heavy (non-hydrogen) atoms. The maximum absolute atomic E-state index is 11.4. The van der Waals surface area contributed by atoms with Crippen LogP contribution in [0.4, 0.5) is 5.95 Å². The molecule has 0 unspecified atom stereocenters. The van der Waals surface area contributed by atoms with Gasteiger partial charge in [-0.2, -0.15) is 0 Å². The van der Waals surface area contributed by atoms with E-state index in [0.29, 0.717) is 24.0 Å². The predicted molar refractivity (Wildman–Crippen MR) is 86.8 cm³/mol. The van der Waals surface area contributed by atoms with Crippen LogP contribution in [0.3, 0.4) is 0 Å². The summed E-state index contributed by atoms with van der Waals surface area (Å²) in [5, 5.41) is 12.6. The Kier molecular flexibility index (Phi) is 4.41. The van der Waals surface area contributed by atoms with E-state index in [-0.39, 0.29) is 5.56 Å². The lowest BCUT2D eigenvalue weighted by molar-refractivity contribution is 0.0692. The smallest absolute Gasteiger partial charge is 0.339 e. The van der Waals surface area contributed by atoms with Crippen molar-refractivity contribution in [2.24, 2.45) is 5.92 Å². The molecule has 2 N–H and O–H groups in total. The Labute approximate surface area is 134 Å². The number of nitrogens with one attached hydrogen (secondary N) is 1. The van der Waals surface area contributed by atoms with Gasteiger partial charge >= 0.3 is 5.97 Å². The lowest BCUT2D eigenvalue weighted by Gasteiger charge is -2.10. The molecule has 120 valence electrons. The van der Waals surface area contributed by atoms with Crippen LogP contribution in [0.15, 0.2) is 30.5 Å². The number of rotatable bonds is 7. The fraction of sp³-hybridized carbons (Fsp3) is 0.353. The third-order valence-electron chi connectivity index (χ3n) is 3.71. The molecule has 2 aromatic rings. The van der Waals surface area contributed by atoms with Crippen LogP contribution in [0.2, 0.25) is 0 Å². The molecule has 1 aromatic carbocycles. The van der Waals surface area contributed by atoms with Crippen molar-refractivity contribution in [1.29, 1.82) is 0 Å². The Hall–Kier alpha value is -2.63. The summed E-state index contributed by atoms with van der Waals surface area (Å²) in [5.74, 6) is 0.646. The number of hydrogen-bond donors (Lipinski definition) is 2. The highest BCUT2D eigenvalue weighted by Gasteiger charge is 2.21. The molecule has 0 spiro atoms. The normalized spacial score (nSPS) is 13.6. The van der Waals surface area contributed by atoms with Gasteiger partial charge in [0.15, 0.2) is 0 Å². The highest BCUT2D eigenvalue weighted by atomic mass is 16.5. The molecule has 0 bridgehead atoms. The van der Waals surface area contributed by atoms with Crippen molar-refractivity contribution >= 4 is 11.9 Å². The van der Waals surface area contributed by atoms with Crippen LogP contribution in [0, 0.1) is 5.92 Å². The summed E-state index contributed by atoms with van der Waals surface area (Å²) in [4.78, 5) is 20.1. The molecular weight excluding hydrogens is 294 g/mol. The molecule has 1 heterocycles. The molecule has 1 fully saturated rings. The number of carboxylic acid groups (broad SMARTS) is 1. The largest absolute Gasteiger partial charge is 0.493 e. The Balaban J connectivity index is 1.86.